The molecule has 30 heavy (non-hydrogen) atoms. The van der Waals surface area contributed by atoms with Crippen LogP contribution in [-0.2, 0) is 30.8 Å². The van der Waals surface area contributed by atoms with E-state index in [1.807, 2.05) is 43.3 Å². The fourth-order valence-electron chi connectivity index (χ4n) is 3.12. The van der Waals surface area contributed by atoms with Gasteiger partial charge in [0.25, 0.3) is 5.68 Å². The molecule has 0 saturated heterocycles. The number of carboxylic acid groups (broad SMARTS) is 1. The molecule has 0 atom stereocenters. The Hall–Kier alpha value is -3.81. The van der Waals surface area contributed by atoms with Gasteiger partial charge in [0, 0.05) is 18.4 Å². The second-order valence-electron chi connectivity index (χ2n) is 6.83. The number of aromatic nitrogens is 1. The minimum atomic E-state index is -1.02. The summed E-state index contributed by atoms with van der Waals surface area (Å²) in [5.74, 6) is 0.342. The number of benzene rings is 2. The van der Waals surface area contributed by atoms with E-state index in [0.29, 0.717) is 42.2 Å². The predicted octanol–water partition coefficient (Wildman–Crippen LogP) is 2.66. The lowest BCUT2D eigenvalue weighted by Crippen LogP contribution is -2.22. The van der Waals surface area contributed by atoms with Gasteiger partial charge in [-0.15, -0.1) is 0 Å². The highest BCUT2D eigenvalue weighted by atomic mass is 16.5. The van der Waals surface area contributed by atoms with Crippen molar-refractivity contribution in [3.8, 4) is 5.75 Å². The van der Waals surface area contributed by atoms with Crippen LogP contribution in [-0.4, -0.2) is 21.5 Å². The monoisotopic (exact) mass is 408 g/mol. The first-order valence-corrected chi connectivity index (χ1v) is 9.50. The molecule has 0 aliphatic rings. The SMILES string of the molecule is CCc1oc(=N)n(CC(=O)O)c1Cc1ccc(OCc2ccc(C(=N)N)cc2)cc1. The number of oxazole rings is 1. The molecule has 1 aromatic heterocycles. The lowest BCUT2D eigenvalue weighted by molar-refractivity contribution is -0.137. The first kappa shape index (κ1) is 20.9. The van der Waals surface area contributed by atoms with Gasteiger partial charge in [-0.05, 0) is 23.3 Å². The normalized spacial score (nSPS) is 10.7. The van der Waals surface area contributed by atoms with E-state index in [1.165, 1.54) is 4.57 Å². The summed E-state index contributed by atoms with van der Waals surface area (Å²) in [5.41, 5.74) is 8.60. The fraction of sp³-hybridized carbons (Fsp3) is 0.227. The van der Waals surface area contributed by atoms with Gasteiger partial charge >= 0.3 is 5.97 Å². The van der Waals surface area contributed by atoms with Crippen LogP contribution in [0.1, 0.15) is 35.1 Å². The summed E-state index contributed by atoms with van der Waals surface area (Å²) >= 11 is 0. The van der Waals surface area contributed by atoms with E-state index in [4.69, 9.17) is 30.8 Å². The van der Waals surface area contributed by atoms with E-state index < -0.39 is 5.97 Å². The highest BCUT2D eigenvalue weighted by Crippen LogP contribution is 2.19. The van der Waals surface area contributed by atoms with Crippen LogP contribution in [0.25, 0.3) is 0 Å². The molecule has 2 aromatic carbocycles. The summed E-state index contributed by atoms with van der Waals surface area (Å²) < 4.78 is 12.6. The maximum atomic E-state index is 11.1. The maximum absolute atomic E-state index is 11.1. The molecule has 0 unspecified atom stereocenters. The average molecular weight is 408 g/mol. The maximum Gasteiger partial charge on any atom is 0.323 e. The summed E-state index contributed by atoms with van der Waals surface area (Å²) in [6, 6.07) is 14.8. The van der Waals surface area contributed by atoms with Crippen LogP contribution in [0.2, 0.25) is 0 Å². The van der Waals surface area contributed by atoms with E-state index >= 15 is 0 Å². The number of nitrogens with two attached hydrogens (primary N) is 1. The molecule has 0 aliphatic heterocycles. The van der Waals surface area contributed by atoms with Crippen molar-refractivity contribution in [2.75, 3.05) is 0 Å². The molecule has 3 rings (SSSR count). The van der Waals surface area contributed by atoms with Gasteiger partial charge < -0.3 is 20.0 Å². The van der Waals surface area contributed by atoms with Crippen LogP contribution in [0.4, 0.5) is 0 Å². The molecule has 0 amide bonds. The van der Waals surface area contributed by atoms with E-state index in [9.17, 15) is 4.79 Å². The van der Waals surface area contributed by atoms with Gasteiger partial charge in [-0.1, -0.05) is 43.3 Å². The lowest BCUT2D eigenvalue weighted by atomic mass is 10.1. The molecule has 156 valence electrons. The number of ether oxygens (including phenoxy) is 1. The molecule has 3 aromatic rings. The molecule has 8 heteroatoms. The Bertz CT molecular complexity index is 1100. The zero-order valence-corrected chi connectivity index (χ0v) is 16.6. The molecule has 5 N–H and O–H groups in total. The molecule has 0 fully saturated rings. The molecule has 0 aliphatic carbocycles. The summed E-state index contributed by atoms with van der Waals surface area (Å²) in [7, 11) is 0. The number of aliphatic carboxylic acids is 1. The summed E-state index contributed by atoms with van der Waals surface area (Å²) in [6.07, 6.45) is 1.04. The Morgan fingerprint density at radius 1 is 1.13 bits per heavy atom. The Morgan fingerprint density at radius 2 is 1.77 bits per heavy atom. The quantitative estimate of drug-likeness (QED) is 0.318. The molecular formula is C22H24N4O4. The lowest BCUT2D eigenvalue weighted by Gasteiger charge is -2.09. The molecule has 1 heterocycles. The Balaban J connectivity index is 1.68. The van der Waals surface area contributed by atoms with Gasteiger partial charge in [-0.2, -0.15) is 0 Å². The van der Waals surface area contributed by atoms with Gasteiger partial charge in [0.15, 0.2) is 0 Å². The van der Waals surface area contributed by atoms with Crippen molar-refractivity contribution in [3.05, 3.63) is 82.4 Å². The minimum absolute atomic E-state index is 0.0316. The minimum Gasteiger partial charge on any atom is -0.489 e. The number of carbonyl (C=O) groups is 1. The number of rotatable bonds is 9. The van der Waals surface area contributed by atoms with Crippen molar-refractivity contribution in [2.45, 2.75) is 32.9 Å². The molecule has 0 bridgehead atoms. The van der Waals surface area contributed by atoms with Crippen molar-refractivity contribution < 1.29 is 19.1 Å². The third-order valence-electron chi connectivity index (χ3n) is 4.69. The number of nitrogens with one attached hydrogen (secondary N) is 2. The Kier molecular flexibility index (Phi) is 6.36. The topological polar surface area (TPSA) is 138 Å². The van der Waals surface area contributed by atoms with E-state index in [-0.39, 0.29) is 18.1 Å². The number of nitrogens with zero attached hydrogens (tertiary/aromatic N) is 1. The zero-order chi connectivity index (χ0) is 21.7. The largest absolute Gasteiger partial charge is 0.489 e. The number of hydrogen-bond donors (Lipinski definition) is 4. The van der Waals surface area contributed by atoms with Crippen molar-refractivity contribution in [1.29, 1.82) is 10.8 Å². The van der Waals surface area contributed by atoms with Gasteiger partial charge in [-0.3, -0.25) is 20.2 Å². The van der Waals surface area contributed by atoms with Crippen LogP contribution in [0, 0.1) is 10.8 Å². The number of carboxylic acids is 1. The molecule has 0 saturated carbocycles. The fourth-order valence-corrected chi connectivity index (χ4v) is 3.12. The van der Waals surface area contributed by atoms with Crippen LogP contribution < -0.4 is 16.2 Å². The van der Waals surface area contributed by atoms with Crippen LogP contribution in [0.15, 0.2) is 52.9 Å². The van der Waals surface area contributed by atoms with E-state index in [0.717, 1.165) is 11.1 Å². The summed E-state index contributed by atoms with van der Waals surface area (Å²) in [5, 5.41) is 24.4. The molecule has 0 spiro atoms. The zero-order valence-electron chi connectivity index (χ0n) is 16.6. The Morgan fingerprint density at radius 3 is 2.33 bits per heavy atom. The highest BCUT2D eigenvalue weighted by Gasteiger charge is 2.16. The van der Waals surface area contributed by atoms with Crippen molar-refractivity contribution >= 4 is 11.8 Å². The molecule has 0 radical (unpaired) electrons. The highest BCUT2D eigenvalue weighted by molar-refractivity contribution is 5.94. The first-order chi connectivity index (χ1) is 14.4. The van der Waals surface area contributed by atoms with Gasteiger partial charge in [0.05, 0.1) is 5.69 Å². The second-order valence-corrected chi connectivity index (χ2v) is 6.83. The van der Waals surface area contributed by atoms with E-state index in [2.05, 4.69) is 0 Å². The summed E-state index contributed by atoms with van der Waals surface area (Å²) in [4.78, 5) is 11.1. The van der Waals surface area contributed by atoms with Gasteiger partial charge in [0.1, 0.15) is 30.5 Å². The van der Waals surface area contributed by atoms with Gasteiger partial charge in [-0.25, -0.2) is 0 Å². The average Bonchev–Trinajstić information content (AvgIpc) is 3.02. The number of amidine groups is 1. The summed E-state index contributed by atoms with van der Waals surface area (Å²) in [6.45, 7) is 1.99. The number of aryl methyl sites for hydroxylation is 1. The molecule has 8 nitrogen and oxygen atoms in total. The van der Waals surface area contributed by atoms with E-state index in [1.54, 1.807) is 12.1 Å². The standard InChI is InChI=1S/C22H24N4O4/c1-2-19-18(26(12-20(27)28)22(25)30-19)11-14-5-9-17(10-6-14)29-13-15-3-7-16(8-4-15)21(23)24/h3-10,25H,2,11-13H2,1H3,(H3,23,24)(H,27,28). The molecular weight excluding hydrogens is 384 g/mol. The first-order valence-electron chi connectivity index (χ1n) is 9.50. The van der Waals surface area contributed by atoms with Crippen LogP contribution in [0.3, 0.4) is 0 Å². The van der Waals surface area contributed by atoms with Crippen molar-refractivity contribution in [1.82, 2.24) is 4.57 Å². The third kappa shape index (κ3) is 4.96. The Labute approximate surface area is 173 Å². The third-order valence-corrected chi connectivity index (χ3v) is 4.69. The van der Waals surface area contributed by atoms with Crippen LogP contribution in [0.5, 0.6) is 5.75 Å². The predicted molar refractivity (Wildman–Crippen MR) is 111 cm³/mol. The second kappa shape index (κ2) is 9.13. The number of hydrogen-bond acceptors (Lipinski definition) is 5. The number of nitrogen functional groups attached to an aromatic ring is 1. The smallest absolute Gasteiger partial charge is 0.323 e. The van der Waals surface area contributed by atoms with Gasteiger partial charge in [0.2, 0.25) is 0 Å². The van der Waals surface area contributed by atoms with Crippen molar-refractivity contribution in [3.63, 3.8) is 0 Å². The van der Waals surface area contributed by atoms with Crippen LogP contribution >= 0.6 is 0 Å². The van der Waals surface area contributed by atoms with Crippen molar-refractivity contribution in [2.24, 2.45) is 5.73 Å².